The van der Waals surface area contributed by atoms with Gasteiger partial charge in [0, 0.05) is 0 Å². The van der Waals surface area contributed by atoms with Crippen LogP contribution in [0.5, 0.6) is 0 Å². The monoisotopic (exact) mass is 1150 g/mol. The van der Waals surface area contributed by atoms with Crippen molar-refractivity contribution in [3.8, 4) is 44.5 Å². The molecule has 0 N–H and O–H groups in total. The Balaban J connectivity index is 1.47. The molecule has 0 nitrogen and oxygen atoms in total. The fourth-order valence-corrected chi connectivity index (χ4v) is 44.0. The minimum atomic E-state index is -5.50. The second-order valence-corrected chi connectivity index (χ2v) is 70.1. The molecule has 0 spiro atoms. The van der Waals surface area contributed by atoms with Crippen LogP contribution >= 0.6 is 17.0 Å². The molecule has 0 aliphatic heterocycles. The number of hydrogen-bond acceptors (Lipinski definition) is 0. The summed E-state index contributed by atoms with van der Waals surface area (Å²) in [6.07, 6.45) is 16.8. The zero-order valence-electron chi connectivity index (χ0n) is 49.8. The van der Waals surface area contributed by atoms with E-state index in [1.165, 1.54) is 139 Å². The van der Waals surface area contributed by atoms with Gasteiger partial charge in [-0.25, -0.2) is 0 Å². The standard InChI is InChI=1S/2C35H43.C2H7Si.2ClH.Zr/c2*1-8-9-10-11-12-25-23-32-30(26-13-17-28(18-14-26)34(2,3)4)21-22-31(33(32)24-25)27-15-19-29(20-16-27)35(5,6)7;1-3-2;;;/h2*13-24H,8-12H2,1-7H3;3H,1-2H3;2*1H;/q;;;;;+2/p-2. The molecule has 0 aromatic heterocycles. The summed E-state index contributed by atoms with van der Waals surface area (Å²) in [4.78, 5) is 0. The first-order valence-corrected chi connectivity index (χ1v) is 45.7. The third-order valence-corrected chi connectivity index (χ3v) is 69.4. The molecule has 6 aromatic rings. The Labute approximate surface area is 471 Å². The number of halogens is 2. The van der Waals surface area contributed by atoms with Gasteiger partial charge in [-0.05, 0) is 0 Å². The molecule has 403 valence electrons. The summed E-state index contributed by atoms with van der Waals surface area (Å²) in [6, 6.07) is 47.7. The summed E-state index contributed by atoms with van der Waals surface area (Å²) < 4.78 is -0.111. The summed E-state index contributed by atoms with van der Waals surface area (Å²) in [5, 5.41) is 0. The van der Waals surface area contributed by atoms with Crippen molar-refractivity contribution in [2.75, 3.05) is 0 Å². The second-order valence-electron chi connectivity index (χ2n) is 27.6. The number of benzene rings is 6. The Hall–Kier alpha value is -3.52. The molecule has 2 aliphatic rings. The molecule has 2 unspecified atom stereocenters. The van der Waals surface area contributed by atoms with E-state index >= 15 is 0 Å². The average Bonchev–Trinajstić information content (AvgIpc) is 4.15. The van der Waals surface area contributed by atoms with Crippen molar-refractivity contribution >= 4 is 35.1 Å². The first-order valence-electron chi connectivity index (χ1n) is 29.4. The SMILES string of the molecule is CCCCCCC1=Cc2c(-c3ccc(C(C)(C)C)cc3)ccc(-c3ccc(C(C)(C)C)cc3)c2[CH]1[Zr]([Cl])([Cl])([CH]1C(CCCCCC)=Cc2c(-c3ccc(C(C)(C)C)cc3)ccc(-c3ccc(C(C)(C)C)cc3)c21)[SiH](C)C. The van der Waals surface area contributed by atoms with Crippen molar-refractivity contribution in [1.29, 1.82) is 0 Å². The van der Waals surface area contributed by atoms with Gasteiger partial charge in [-0.3, -0.25) is 0 Å². The summed E-state index contributed by atoms with van der Waals surface area (Å²) in [5.41, 5.74) is 24.2. The molecule has 0 fully saturated rings. The van der Waals surface area contributed by atoms with Crippen LogP contribution in [0.4, 0.5) is 0 Å². The molecule has 0 amide bonds. The van der Waals surface area contributed by atoms with E-state index in [2.05, 4.69) is 244 Å². The van der Waals surface area contributed by atoms with Crippen LogP contribution < -0.4 is 0 Å². The Morgan fingerprint density at radius 1 is 0.368 bits per heavy atom. The molecule has 76 heavy (non-hydrogen) atoms. The average molecular weight is 1150 g/mol. The molecule has 0 bridgehead atoms. The molecule has 0 saturated carbocycles. The Morgan fingerprint density at radius 2 is 0.632 bits per heavy atom. The van der Waals surface area contributed by atoms with Crippen LogP contribution in [0.15, 0.2) is 132 Å². The Bertz CT molecular complexity index is 2860. The zero-order chi connectivity index (χ0) is 55.2. The van der Waals surface area contributed by atoms with Crippen molar-refractivity contribution in [3.05, 3.63) is 177 Å². The predicted molar refractivity (Wildman–Crippen MR) is 339 cm³/mol. The third kappa shape index (κ3) is 11.7. The van der Waals surface area contributed by atoms with Crippen LogP contribution in [-0.4, -0.2) is 5.92 Å². The van der Waals surface area contributed by atoms with E-state index in [0.717, 1.165) is 25.7 Å². The van der Waals surface area contributed by atoms with Gasteiger partial charge >= 0.3 is 475 Å². The number of fused-ring (bicyclic) bond motifs is 2. The summed E-state index contributed by atoms with van der Waals surface area (Å²) in [6.45, 7) is 37.5. The van der Waals surface area contributed by atoms with E-state index in [1.807, 2.05) is 0 Å². The van der Waals surface area contributed by atoms with E-state index in [9.17, 15) is 17.0 Å². The molecule has 0 heterocycles. The predicted octanol–water partition coefficient (Wildman–Crippen LogP) is 23.0. The van der Waals surface area contributed by atoms with E-state index < -0.39 is 21.5 Å². The van der Waals surface area contributed by atoms with Gasteiger partial charge in [0.15, 0.2) is 0 Å². The fourth-order valence-electron chi connectivity index (χ4n) is 12.8. The topological polar surface area (TPSA) is 0 Å². The van der Waals surface area contributed by atoms with E-state index in [-0.39, 0.29) is 28.9 Å². The van der Waals surface area contributed by atoms with Crippen molar-refractivity contribution in [1.82, 2.24) is 0 Å². The Morgan fingerprint density at radius 3 is 0.882 bits per heavy atom. The fraction of sp³-hybridized carbons (Fsp3) is 0.444. The summed E-state index contributed by atoms with van der Waals surface area (Å²) in [7, 11) is 19.3. The van der Waals surface area contributed by atoms with E-state index in [0.29, 0.717) is 0 Å². The van der Waals surface area contributed by atoms with E-state index in [4.69, 9.17) is 0 Å². The number of allylic oxidation sites excluding steroid dienone is 2. The second kappa shape index (κ2) is 22.6. The molecular weight excluding hydrogens is 1060 g/mol. The maximum absolute atomic E-state index is 9.65. The zero-order valence-corrected chi connectivity index (χ0v) is 54.9. The first kappa shape index (κ1) is 58.6. The molecule has 0 saturated heterocycles. The van der Waals surface area contributed by atoms with Gasteiger partial charge in [0.2, 0.25) is 0 Å². The van der Waals surface area contributed by atoms with Gasteiger partial charge in [-0.2, -0.15) is 0 Å². The van der Waals surface area contributed by atoms with Crippen LogP contribution in [0.1, 0.15) is 213 Å². The molecule has 8 rings (SSSR count). The molecule has 6 aromatic carbocycles. The van der Waals surface area contributed by atoms with Gasteiger partial charge in [-0.15, -0.1) is 0 Å². The molecular formula is C72H93Cl2SiZr. The van der Waals surface area contributed by atoms with Crippen LogP contribution in [-0.2, 0) is 37.2 Å². The molecule has 2 atom stereocenters. The quantitative estimate of drug-likeness (QED) is 0.0631. The normalized spacial score (nSPS) is 16.6. The number of unbranched alkanes of at least 4 members (excludes halogenated alkanes) is 6. The van der Waals surface area contributed by atoms with Gasteiger partial charge in [0.05, 0.1) is 0 Å². The van der Waals surface area contributed by atoms with Crippen molar-refractivity contribution in [3.63, 3.8) is 0 Å². The molecule has 2 aliphatic carbocycles. The van der Waals surface area contributed by atoms with Crippen molar-refractivity contribution in [2.45, 2.75) is 203 Å². The van der Waals surface area contributed by atoms with Crippen LogP contribution in [0, 0.1) is 0 Å². The van der Waals surface area contributed by atoms with Crippen molar-refractivity contribution in [2.24, 2.45) is 0 Å². The van der Waals surface area contributed by atoms with Crippen LogP contribution in [0.25, 0.3) is 56.7 Å². The van der Waals surface area contributed by atoms with Gasteiger partial charge < -0.3 is 0 Å². The first-order chi connectivity index (χ1) is 35.7. The summed E-state index contributed by atoms with van der Waals surface area (Å²) in [5.74, 6) is -1.97. The minimum absolute atomic E-state index is 0.0401. The third-order valence-electron chi connectivity index (χ3n) is 17.6. The van der Waals surface area contributed by atoms with Gasteiger partial charge in [-0.1, -0.05) is 0 Å². The van der Waals surface area contributed by atoms with Gasteiger partial charge in [0.25, 0.3) is 0 Å². The maximum atomic E-state index is 9.65. The number of hydrogen-bond donors (Lipinski definition) is 0. The van der Waals surface area contributed by atoms with Crippen LogP contribution in [0.2, 0.25) is 13.1 Å². The Kier molecular flexibility index (Phi) is 17.4. The van der Waals surface area contributed by atoms with E-state index in [1.54, 1.807) is 0 Å². The number of rotatable bonds is 17. The molecule has 4 heteroatoms. The van der Waals surface area contributed by atoms with Crippen LogP contribution in [0.3, 0.4) is 0 Å². The molecule has 0 radical (unpaired) electrons. The van der Waals surface area contributed by atoms with Gasteiger partial charge in [0.1, 0.15) is 0 Å². The van der Waals surface area contributed by atoms with Crippen molar-refractivity contribution < 1.29 is 15.6 Å². The summed E-state index contributed by atoms with van der Waals surface area (Å²) >= 11 is -5.50.